The third-order valence-electron chi connectivity index (χ3n) is 7.04. The molecule has 3 nitrogen and oxygen atoms in total. The number of hydrogen-bond donors (Lipinski definition) is 0. The van der Waals surface area contributed by atoms with Gasteiger partial charge in [0.1, 0.15) is 0 Å². The van der Waals surface area contributed by atoms with Crippen LogP contribution in [-0.4, -0.2) is 55.6 Å². The van der Waals surface area contributed by atoms with Crippen LogP contribution in [0.2, 0.25) is 0 Å². The van der Waals surface area contributed by atoms with Crippen molar-refractivity contribution < 1.29 is 0 Å². The average Bonchev–Trinajstić information content (AvgIpc) is 3.49. The molecule has 0 spiro atoms. The molecule has 29 heavy (non-hydrogen) atoms. The fraction of sp³-hybridized carbons (Fsp3) is 0.462. The van der Waals surface area contributed by atoms with Gasteiger partial charge in [-0.1, -0.05) is 60.7 Å². The van der Waals surface area contributed by atoms with Gasteiger partial charge in [-0.3, -0.25) is 4.90 Å². The van der Waals surface area contributed by atoms with Gasteiger partial charge < -0.3 is 9.80 Å². The van der Waals surface area contributed by atoms with E-state index in [1.54, 1.807) is 0 Å². The summed E-state index contributed by atoms with van der Waals surface area (Å²) in [6.45, 7) is 3.47. The summed E-state index contributed by atoms with van der Waals surface area (Å²) in [6, 6.07) is 21.7. The fourth-order valence-electron chi connectivity index (χ4n) is 5.19. The maximum Gasteiger partial charge on any atom is 0.0676 e. The zero-order chi connectivity index (χ0) is 19.8. The Morgan fingerprint density at radius 3 is 2.45 bits per heavy atom. The molecule has 2 heterocycles. The van der Waals surface area contributed by atoms with Gasteiger partial charge in [-0.15, -0.1) is 0 Å². The molecule has 3 heteroatoms. The predicted octanol–water partition coefficient (Wildman–Crippen LogP) is 4.68. The molecule has 0 bridgehead atoms. The highest BCUT2D eigenvalue weighted by Gasteiger charge is 2.40. The molecule has 3 aliphatic rings. The second-order valence-electron chi connectivity index (χ2n) is 9.25. The first-order chi connectivity index (χ1) is 14.2. The van der Waals surface area contributed by atoms with Crippen LogP contribution in [0.5, 0.6) is 0 Å². The van der Waals surface area contributed by atoms with E-state index in [9.17, 15) is 0 Å². The van der Waals surface area contributed by atoms with Gasteiger partial charge in [0, 0.05) is 24.8 Å². The Morgan fingerprint density at radius 1 is 0.966 bits per heavy atom. The summed E-state index contributed by atoms with van der Waals surface area (Å²) in [5, 5.41) is 0. The SMILES string of the molecule is CN(C)[C@H]1CCN(C[C@H](c2ccccc2)N2c3ccccc3C=CC2C2CC2)C1. The summed E-state index contributed by atoms with van der Waals surface area (Å²) < 4.78 is 0. The molecule has 5 rings (SSSR count). The van der Waals surface area contributed by atoms with Gasteiger partial charge >= 0.3 is 0 Å². The quantitative estimate of drug-likeness (QED) is 0.713. The standard InChI is InChI=1S/C26H33N3/c1-27(2)23-16-17-28(18-23)19-26(20-8-4-3-5-9-20)29-24-11-7-6-10-21(24)14-15-25(29)22-12-13-22/h3-11,14-15,22-23,25-26H,12-13,16-19H2,1-2H3/t23-,25?,26+/m0/s1. The molecule has 2 aromatic rings. The van der Waals surface area contributed by atoms with Crippen LogP contribution in [0, 0.1) is 5.92 Å². The van der Waals surface area contributed by atoms with Crippen LogP contribution in [-0.2, 0) is 0 Å². The van der Waals surface area contributed by atoms with Crippen LogP contribution in [0.4, 0.5) is 5.69 Å². The zero-order valence-corrected chi connectivity index (χ0v) is 17.7. The number of hydrogen-bond acceptors (Lipinski definition) is 3. The van der Waals surface area contributed by atoms with Crippen molar-refractivity contribution in [2.24, 2.45) is 5.92 Å². The smallest absolute Gasteiger partial charge is 0.0676 e. The lowest BCUT2D eigenvalue weighted by Gasteiger charge is -2.43. The molecule has 152 valence electrons. The molecule has 2 aliphatic heterocycles. The number of nitrogens with zero attached hydrogens (tertiary/aromatic N) is 3. The molecule has 1 unspecified atom stereocenters. The first kappa shape index (κ1) is 18.9. The Labute approximate surface area is 175 Å². The second kappa shape index (κ2) is 7.97. The second-order valence-corrected chi connectivity index (χ2v) is 9.25. The summed E-state index contributed by atoms with van der Waals surface area (Å²) in [5.41, 5.74) is 4.21. The predicted molar refractivity (Wildman–Crippen MR) is 122 cm³/mol. The van der Waals surface area contributed by atoms with Gasteiger partial charge in [-0.05, 0) is 63.0 Å². The van der Waals surface area contributed by atoms with Crippen molar-refractivity contribution >= 4 is 11.8 Å². The van der Waals surface area contributed by atoms with Crippen molar-refractivity contribution in [1.82, 2.24) is 9.80 Å². The van der Waals surface area contributed by atoms with Gasteiger partial charge in [0.15, 0.2) is 0 Å². The summed E-state index contributed by atoms with van der Waals surface area (Å²) in [6.07, 6.45) is 8.83. The highest BCUT2D eigenvalue weighted by atomic mass is 15.3. The summed E-state index contributed by atoms with van der Waals surface area (Å²) in [5.74, 6) is 0.805. The molecule has 0 amide bonds. The number of likely N-dealkylation sites (N-methyl/N-ethyl adjacent to an activating group) is 1. The van der Waals surface area contributed by atoms with Crippen LogP contribution in [0.3, 0.4) is 0 Å². The third kappa shape index (κ3) is 3.86. The molecule has 2 fully saturated rings. The van der Waals surface area contributed by atoms with Gasteiger partial charge in [-0.25, -0.2) is 0 Å². The minimum atomic E-state index is 0.383. The number of benzene rings is 2. The number of fused-ring (bicyclic) bond motifs is 1. The Balaban J connectivity index is 1.50. The highest BCUT2D eigenvalue weighted by molar-refractivity contribution is 5.73. The molecule has 2 aromatic carbocycles. The van der Waals surface area contributed by atoms with Crippen LogP contribution in [0.15, 0.2) is 60.7 Å². The average molecular weight is 388 g/mol. The normalized spacial score (nSPS) is 25.4. The third-order valence-corrected chi connectivity index (χ3v) is 7.04. The van der Waals surface area contributed by atoms with Crippen molar-refractivity contribution in [2.45, 2.75) is 37.4 Å². The number of anilines is 1. The molecule has 0 radical (unpaired) electrons. The van der Waals surface area contributed by atoms with E-state index < -0.39 is 0 Å². The molecule has 1 saturated heterocycles. The maximum atomic E-state index is 2.76. The van der Waals surface area contributed by atoms with E-state index in [-0.39, 0.29) is 0 Å². The number of likely N-dealkylation sites (tertiary alicyclic amines) is 1. The number of rotatable bonds is 6. The first-order valence-corrected chi connectivity index (χ1v) is 11.2. The van der Waals surface area contributed by atoms with E-state index >= 15 is 0 Å². The summed E-state index contributed by atoms with van der Waals surface area (Å²) >= 11 is 0. The summed E-state index contributed by atoms with van der Waals surface area (Å²) in [7, 11) is 4.44. The van der Waals surface area contributed by atoms with E-state index in [2.05, 4.69) is 95.5 Å². The van der Waals surface area contributed by atoms with Crippen molar-refractivity contribution in [3.8, 4) is 0 Å². The monoisotopic (exact) mass is 387 g/mol. The van der Waals surface area contributed by atoms with Crippen molar-refractivity contribution in [1.29, 1.82) is 0 Å². The largest absolute Gasteiger partial charge is 0.356 e. The van der Waals surface area contributed by atoms with Crippen LogP contribution in [0.25, 0.3) is 6.08 Å². The van der Waals surface area contributed by atoms with Crippen molar-refractivity contribution in [2.75, 3.05) is 38.6 Å². The maximum absolute atomic E-state index is 2.76. The lowest BCUT2D eigenvalue weighted by atomic mass is 9.94. The van der Waals surface area contributed by atoms with E-state index in [1.165, 1.54) is 49.2 Å². The fourth-order valence-corrected chi connectivity index (χ4v) is 5.19. The van der Waals surface area contributed by atoms with Crippen LogP contribution in [0.1, 0.15) is 36.4 Å². The van der Waals surface area contributed by atoms with E-state index in [4.69, 9.17) is 0 Å². The van der Waals surface area contributed by atoms with E-state index in [0.29, 0.717) is 18.1 Å². The minimum Gasteiger partial charge on any atom is -0.356 e. The molecular formula is C26H33N3. The molecular weight excluding hydrogens is 354 g/mol. The number of para-hydroxylation sites is 1. The zero-order valence-electron chi connectivity index (χ0n) is 17.7. The topological polar surface area (TPSA) is 9.72 Å². The van der Waals surface area contributed by atoms with Crippen LogP contribution >= 0.6 is 0 Å². The lowest BCUT2D eigenvalue weighted by molar-refractivity contribution is 0.255. The minimum absolute atomic E-state index is 0.383. The molecule has 1 saturated carbocycles. The lowest BCUT2D eigenvalue weighted by Crippen LogP contribution is -2.45. The van der Waals surface area contributed by atoms with Gasteiger partial charge in [0.05, 0.1) is 12.1 Å². The van der Waals surface area contributed by atoms with Crippen LogP contribution < -0.4 is 4.90 Å². The highest BCUT2D eigenvalue weighted by Crippen LogP contribution is 2.45. The molecule has 0 aromatic heterocycles. The Morgan fingerprint density at radius 2 is 1.72 bits per heavy atom. The first-order valence-electron chi connectivity index (χ1n) is 11.2. The van der Waals surface area contributed by atoms with Gasteiger partial charge in [-0.2, -0.15) is 0 Å². The van der Waals surface area contributed by atoms with E-state index in [1.807, 2.05) is 0 Å². The summed E-state index contributed by atoms with van der Waals surface area (Å²) in [4.78, 5) is 7.84. The molecule has 3 atom stereocenters. The molecule has 1 aliphatic carbocycles. The van der Waals surface area contributed by atoms with Gasteiger partial charge in [0.2, 0.25) is 0 Å². The Bertz CT molecular complexity index is 855. The Hall–Kier alpha value is -2.10. The van der Waals surface area contributed by atoms with Gasteiger partial charge in [0.25, 0.3) is 0 Å². The van der Waals surface area contributed by atoms with Crippen molar-refractivity contribution in [3.05, 3.63) is 71.8 Å². The van der Waals surface area contributed by atoms with E-state index in [0.717, 1.165) is 12.5 Å². The Kier molecular flexibility index (Phi) is 5.19. The molecule has 0 N–H and O–H groups in total. The van der Waals surface area contributed by atoms with Crippen molar-refractivity contribution in [3.63, 3.8) is 0 Å².